The third kappa shape index (κ3) is 4.55. The summed E-state index contributed by atoms with van der Waals surface area (Å²) in [6.45, 7) is 3.84. The second kappa shape index (κ2) is 8.32. The van der Waals surface area contributed by atoms with Crippen LogP contribution in [-0.4, -0.2) is 21.4 Å². The van der Waals surface area contributed by atoms with Crippen LogP contribution in [0, 0.1) is 6.92 Å². The topological polar surface area (TPSA) is 60.0 Å². The van der Waals surface area contributed by atoms with Crippen LogP contribution in [0.4, 0.5) is 0 Å². The number of hydrogen-bond donors (Lipinski definition) is 0. The molecule has 0 unspecified atom stereocenters. The molecular formula is C23H23N3O3. The maximum atomic E-state index is 12.5. The molecule has 0 radical (unpaired) electrons. The molecule has 3 aromatic heterocycles. The molecule has 0 N–H and O–H groups in total. The van der Waals surface area contributed by atoms with Crippen molar-refractivity contribution in [2.75, 3.05) is 7.11 Å². The fourth-order valence-corrected chi connectivity index (χ4v) is 3.34. The van der Waals surface area contributed by atoms with Crippen molar-refractivity contribution in [3.8, 4) is 5.75 Å². The average molecular weight is 389 g/mol. The van der Waals surface area contributed by atoms with Gasteiger partial charge in [0.2, 0.25) is 0 Å². The molecule has 0 spiro atoms. The molecule has 0 saturated heterocycles. The van der Waals surface area contributed by atoms with Crippen molar-refractivity contribution in [3.63, 3.8) is 0 Å². The Morgan fingerprint density at radius 3 is 2.62 bits per heavy atom. The van der Waals surface area contributed by atoms with Gasteiger partial charge in [-0.1, -0.05) is 12.1 Å². The summed E-state index contributed by atoms with van der Waals surface area (Å²) in [5.41, 5.74) is 3.54. The van der Waals surface area contributed by atoms with Gasteiger partial charge in [0.25, 0.3) is 5.56 Å². The molecule has 6 nitrogen and oxygen atoms in total. The van der Waals surface area contributed by atoms with E-state index in [1.165, 1.54) is 0 Å². The quantitative estimate of drug-likeness (QED) is 0.481. The lowest BCUT2D eigenvalue weighted by Gasteiger charge is -2.21. The molecular weight excluding hydrogens is 366 g/mol. The Kier molecular flexibility index (Phi) is 5.44. The standard InChI is InChI=1S/C23H23N3O3/c1-17-9-10-26-22(12-17)24-19(13-23(26)27)15-25(16-21-4-3-11-29-21)14-18-5-7-20(28-2)8-6-18/h3-13H,14-16H2,1-2H3. The number of methoxy groups -OCH3 is 1. The minimum atomic E-state index is -0.0765. The van der Waals surface area contributed by atoms with Crippen molar-refractivity contribution < 1.29 is 9.15 Å². The van der Waals surface area contributed by atoms with Gasteiger partial charge in [-0.25, -0.2) is 4.98 Å². The van der Waals surface area contributed by atoms with Crippen molar-refractivity contribution in [2.45, 2.75) is 26.6 Å². The number of rotatable bonds is 7. The summed E-state index contributed by atoms with van der Waals surface area (Å²) < 4.78 is 12.3. The van der Waals surface area contributed by atoms with Crippen molar-refractivity contribution in [1.82, 2.24) is 14.3 Å². The molecule has 0 aliphatic carbocycles. The number of nitrogens with zero attached hydrogens (tertiary/aromatic N) is 3. The van der Waals surface area contributed by atoms with E-state index in [1.807, 2.05) is 55.5 Å². The van der Waals surface area contributed by atoms with Crippen LogP contribution < -0.4 is 10.3 Å². The molecule has 4 rings (SSSR count). The normalized spacial score (nSPS) is 11.3. The first kappa shape index (κ1) is 19.0. The predicted molar refractivity (Wildman–Crippen MR) is 111 cm³/mol. The summed E-state index contributed by atoms with van der Waals surface area (Å²) in [7, 11) is 1.66. The second-order valence-corrected chi connectivity index (χ2v) is 7.09. The van der Waals surface area contributed by atoms with E-state index in [1.54, 1.807) is 30.0 Å². The number of ether oxygens (including phenoxy) is 1. The van der Waals surface area contributed by atoms with Gasteiger partial charge in [0.05, 0.1) is 25.6 Å². The van der Waals surface area contributed by atoms with E-state index in [9.17, 15) is 4.79 Å². The molecule has 148 valence electrons. The van der Waals surface area contributed by atoms with Crippen molar-refractivity contribution >= 4 is 5.65 Å². The zero-order chi connectivity index (χ0) is 20.2. The molecule has 6 heteroatoms. The highest BCUT2D eigenvalue weighted by Crippen LogP contribution is 2.17. The Bertz CT molecular complexity index is 1150. The highest BCUT2D eigenvalue weighted by atomic mass is 16.5. The van der Waals surface area contributed by atoms with Crippen LogP contribution in [0.15, 0.2) is 76.3 Å². The maximum absolute atomic E-state index is 12.5. The second-order valence-electron chi connectivity index (χ2n) is 7.09. The van der Waals surface area contributed by atoms with E-state index >= 15 is 0 Å². The van der Waals surface area contributed by atoms with Gasteiger partial charge in [0.15, 0.2) is 0 Å². The zero-order valence-corrected chi connectivity index (χ0v) is 16.5. The number of fused-ring (bicyclic) bond motifs is 1. The van der Waals surface area contributed by atoms with E-state index in [0.29, 0.717) is 25.3 Å². The molecule has 3 heterocycles. The lowest BCUT2D eigenvalue weighted by Crippen LogP contribution is -2.25. The Balaban J connectivity index is 1.62. The molecule has 29 heavy (non-hydrogen) atoms. The summed E-state index contributed by atoms with van der Waals surface area (Å²) in [5.74, 6) is 1.69. The summed E-state index contributed by atoms with van der Waals surface area (Å²) in [6.07, 6.45) is 3.44. The molecule has 0 fully saturated rings. The number of pyridine rings is 1. The lowest BCUT2D eigenvalue weighted by atomic mass is 10.2. The van der Waals surface area contributed by atoms with Crippen molar-refractivity contribution in [2.24, 2.45) is 0 Å². The summed E-state index contributed by atoms with van der Waals surface area (Å²) in [4.78, 5) is 19.4. The van der Waals surface area contributed by atoms with Gasteiger partial charge in [0, 0.05) is 25.4 Å². The SMILES string of the molecule is COc1ccc(CN(Cc2cc(=O)n3ccc(C)cc3n2)Cc2ccco2)cc1. The largest absolute Gasteiger partial charge is 0.497 e. The van der Waals surface area contributed by atoms with Gasteiger partial charge in [0.1, 0.15) is 17.2 Å². The minimum Gasteiger partial charge on any atom is -0.497 e. The monoisotopic (exact) mass is 389 g/mol. The van der Waals surface area contributed by atoms with Crippen LogP contribution in [0.3, 0.4) is 0 Å². The minimum absolute atomic E-state index is 0.0765. The highest BCUT2D eigenvalue weighted by Gasteiger charge is 2.13. The number of hydrogen-bond acceptors (Lipinski definition) is 5. The van der Waals surface area contributed by atoms with Gasteiger partial charge < -0.3 is 9.15 Å². The number of benzene rings is 1. The first-order valence-electron chi connectivity index (χ1n) is 9.47. The third-order valence-electron chi connectivity index (χ3n) is 4.79. The Morgan fingerprint density at radius 2 is 1.90 bits per heavy atom. The van der Waals surface area contributed by atoms with E-state index in [0.717, 1.165) is 28.3 Å². The summed E-state index contributed by atoms with van der Waals surface area (Å²) in [5, 5.41) is 0. The van der Waals surface area contributed by atoms with Crippen LogP contribution in [0.2, 0.25) is 0 Å². The fraction of sp³-hybridized carbons (Fsp3) is 0.217. The Morgan fingerprint density at radius 1 is 1.07 bits per heavy atom. The molecule has 0 saturated carbocycles. The highest BCUT2D eigenvalue weighted by molar-refractivity contribution is 5.41. The Labute approximate surface area is 169 Å². The van der Waals surface area contributed by atoms with Crippen LogP contribution in [0.25, 0.3) is 5.65 Å². The summed E-state index contributed by atoms with van der Waals surface area (Å²) >= 11 is 0. The lowest BCUT2D eigenvalue weighted by molar-refractivity contribution is 0.224. The molecule has 1 aromatic carbocycles. The van der Waals surface area contributed by atoms with Crippen molar-refractivity contribution in [1.29, 1.82) is 0 Å². The van der Waals surface area contributed by atoms with Crippen LogP contribution in [0.1, 0.15) is 22.6 Å². The molecule has 0 aliphatic heterocycles. The number of aromatic nitrogens is 2. The van der Waals surface area contributed by atoms with Crippen molar-refractivity contribution in [3.05, 3.63) is 100.0 Å². The molecule has 0 aliphatic rings. The third-order valence-corrected chi connectivity index (χ3v) is 4.79. The molecule has 0 atom stereocenters. The van der Waals surface area contributed by atoms with Gasteiger partial charge in [-0.15, -0.1) is 0 Å². The molecule has 0 amide bonds. The van der Waals surface area contributed by atoms with Crippen LogP contribution >= 0.6 is 0 Å². The van der Waals surface area contributed by atoms with Gasteiger partial charge in [-0.05, 0) is 54.4 Å². The Hall–Kier alpha value is -3.38. The van der Waals surface area contributed by atoms with E-state index in [4.69, 9.17) is 14.1 Å². The fourth-order valence-electron chi connectivity index (χ4n) is 3.34. The van der Waals surface area contributed by atoms with Crippen LogP contribution in [-0.2, 0) is 19.6 Å². The van der Waals surface area contributed by atoms with Gasteiger partial charge >= 0.3 is 0 Å². The number of furan rings is 1. The zero-order valence-electron chi connectivity index (χ0n) is 16.5. The average Bonchev–Trinajstić information content (AvgIpc) is 3.21. The number of aryl methyl sites for hydroxylation is 1. The smallest absolute Gasteiger partial charge is 0.258 e. The first-order valence-corrected chi connectivity index (χ1v) is 9.47. The molecule has 0 bridgehead atoms. The predicted octanol–water partition coefficient (Wildman–Crippen LogP) is 3.81. The van der Waals surface area contributed by atoms with Crippen LogP contribution in [0.5, 0.6) is 5.75 Å². The van der Waals surface area contributed by atoms with E-state index < -0.39 is 0 Å². The maximum Gasteiger partial charge on any atom is 0.258 e. The molecule has 4 aromatic rings. The first-order chi connectivity index (χ1) is 14.1. The summed E-state index contributed by atoms with van der Waals surface area (Å²) in [6, 6.07) is 17.2. The van der Waals surface area contributed by atoms with Gasteiger partial charge in [-0.3, -0.25) is 14.1 Å². The van der Waals surface area contributed by atoms with E-state index in [2.05, 4.69) is 4.90 Å². The van der Waals surface area contributed by atoms with E-state index in [-0.39, 0.29) is 5.56 Å². The van der Waals surface area contributed by atoms with Gasteiger partial charge in [-0.2, -0.15) is 0 Å².